The maximum Gasteiger partial charge on any atom is 0.389 e. The van der Waals surface area contributed by atoms with Gasteiger partial charge in [0.15, 0.2) is 0 Å². The normalized spacial score (nSPS) is 18.4. The average Bonchev–Trinajstić information content (AvgIpc) is 3.11. The number of urea groups is 1. The third kappa shape index (κ3) is 3.90. The monoisotopic (exact) mass is 400 g/mol. The van der Waals surface area contributed by atoms with Crippen molar-refractivity contribution < 1.29 is 24.2 Å². The van der Waals surface area contributed by atoms with Crippen LogP contribution in [0.2, 0.25) is 0 Å². The SMILES string of the molecule is CCOc1cc(/C=N/NC(=O)CN2C=[N+]=C3C2C(=O)N(C)C(=O)N3C)ccc1[O-]. The maximum absolute atomic E-state index is 12.4. The molecule has 11 nitrogen and oxygen atoms in total. The average molecular weight is 400 g/mol. The Balaban J connectivity index is 1.60. The van der Waals surface area contributed by atoms with E-state index in [0.717, 1.165) is 4.90 Å². The van der Waals surface area contributed by atoms with Gasteiger partial charge in [-0.2, -0.15) is 10.0 Å². The molecule has 0 spiro atoms. The van der Waals surface area contributed by atoms with Crippen molar-refractivity contribution in [2.24, 2.45) is 5.10 Å². The number of benzene rings is 1. The van der Waals surface area contributed by atoms with Gasteiger partial charge in [0, 0.05) is 7.05 Å². The molecule has 0 aromatic heterocycles. The van der Waals surface area contributed by atoms with E-state index >= 15 is 0 Å². The number of hydrogen-bond donors (Lipinski definition) is 1. The molecule has 1 saturated heterocycles. The van der Waals surface area contributed by atoms with E-state index < -0.39 is 23.9 Å². The summed E-state index contributed by atoms with van der Waals surface area (Å²) in [4.78, 5) is 40.3. The lowest BCUT2D eigenvalue weighted by atomic mass is 10.1. The topological polar surface area (TPSA) is 132 Å². The van der Waals surface area contributed by atoms with Gasteiger partial charge in [0.1, 0.15) is 12.3 Å². The second-order valence-corrected chi connectivity index (χ2v) is 6.35. The predicted molar refractivity (Wildman–Crippen MR) is 102 cm³/mol. The van der Waals surface area contributed by atoms with Gasteiger partial charge in [0.05, 0.1) is 19.9 Å². The lowest BCUT2D eigenvalue weighted by Crippen LogP contribution is -2.63. The smallest absolute Gasteiger partial charge is 0.389 e. The number of nitrogens with one attached hydrogen (secondary N) is 1. The fourth-order valence-electron chi connectivity index (χ4n) is 2.93. The Labute approximate surface area is 166 Å². The Morgan fingerprint density at radius 1 is 1.34 bits per heavy atom. The molecule has 2 aliphatic rings. The van der Waals surface area contributed by atoms with E-state index in [9.17, 15) is 19.5 Å². The lowest BCUT2D eigenvalue weighted by Gasteiger charge is -2.29. The van der Waals surface area contributed by atoms with Crippen LogP contribution in [0.25, 0.3) is 0 Å². The van der Waals surface area contributed by atoms with Crippen molar-refractivity contribution in [2.75, 3.05) is 27.2 Å². The van der Waals surface area contributed by atoms with Crippen LogP contribution in [0.1, 0.15) is 12.5 Å². The largest absolute Gasteiger partial charge is 0.870 e. The summed E-state index contributed by atoms with van der Waals surface area (Å²) >= 11 is 0. The van der Waals surface area contributed by atoms with Crippen LogP contribution in [-0.4, -0.2) is 84.2 Å². The van der Waals surface area contributed by atoms with Gasteiger partial charge in [0.2, 0.25) is 0 Å². The van der Waals surface area contributed by atoms with Crippen LogP contribution in [0.3, 0.4) is 0 Å². The quantitative estimate of drug-likeness (QED) is 0.344. The highest BCUT2D eigenvalue weighted by Gasteiger charge is 2.53. The van der Waals surface area contributed by atoms with Crippen molar-refractivity contribution in [3.8, 4) is 11.5 Å². The number of imide groups is 1. The Kier molecular flexibility index (Phi) is 5.51. The summed E-state index contributed by atoms with van der Waals surface area (Å²) in [6.45, 7) is 1.95. The van der Waals surface area contributed by atoms with Crippen LogP contribution in [0.5, 0.6) is 11.5 Å². The van der Waals surface area contributed by atoms with Crippen LogP contribution in [0.4, 0.5) is 4.79 Å². The molecule has 1 aromatic rings. The van der Waals surface area contributed by atoms with Crippen molar-refractivity contribution in [3.05, 3.63) is 23.8 Å². The number of hydrazone groups is 1. The Morgan fingerprint density at radius 2 is 2.10 bits per heavy atom. The number of likely N-dealkylation sites (N-methyl/N-ethyl adjacent to an activating group) is 2. The molecule has 1 N–H and O–H groups in total. The molecule has 29 heavy (non-hydrogen) atoms. The number of amidine groups is 1. The number of hydrogen-bond acceptors (Lipinski definition) is 7. The summed E-state index contributed by atoms with van der Waals surface area (Å²) in [6, 6.07) is 3.12. The van der Waals surface area contributed by atoms with Gasteiger partial charge in [-0.3, -0.25) is 19.4 Å². The van der Waals surface area contributed by atoms with Crippen molar-refractivity contribution >= 4 is 36.2 Å². The number of fused-ring (bicyclic) bond motifs is 1. The van der Waals surface area contributed by atoms with Crippen molar-refractivity contribution in [1.29, 1.82) is 0 Å². The summed E-state index contributed by atoms with van der Waals surface area (Å²) in [7, 11) is 2.89. The lowest BCUT2D eigenvalue weighted by molar-refractivity contribution is -0.270. The van der Waals surface area contributed by atoms with Crippen LogP contribution in [0.15, 0.2) is 23.3 Å². The van der Waals surface area contributed by atoms with Gasteiger partial charge in [-0.25, -0.2) is 14.9 Å². The highest BCUT2D eigenvalue weighted by atomic mass is 16.5. The second-order valence-electron chi connectivity index (χ2n) is 6.35. The third-order valence-corrected chi connectivity index (χ3v) is 4.39. The zero-order chi connectivity index (χ0) is 21.1. The van der Waals surface area contributed by atoms with Gasteiger partial charge in [0.25, 0.3) is 24.2 Å². The first-order valence-electron chi connectivity index (χ1n) is 8.81. The van der Waals surface area contributed by atoms with Gasteiger partial charge in [-0.05, 0) is 18.6 Å². The molecule has 0 saturated carbocycles. The van der Waals surface area contributed by atoms with Gasteiger partial charge in [-0.1, -0.05) is 17.9 Å². The highest BCUT2D eigenvalue weighted by molar-refractivity contribution is 6.22. The van der Waals surface area contributed by atoms with E-state index in [4.69, 9.17) is 4.74 Å². The molecular weight excluding hydrogens is 380 g/mol. The first-order chi connectivity index (χ1) is 13.8. The van der Waals surface area contributed by atoms with E-state index in [0.29, 0.717) is 12.2 Å². The number of amides is 4. The number of nitrogens with zero attached hydrogens (tertiary/aromatic N) is 5. The highest BCUT2D eigenvalue weighted by Crippen LogP contribution is 2.23. The van der Waals surface area contributed by atoms with Crippen LogP contribution < -0.4 is 19.9 Å². The molecule has 3 rings (SSSR count). The van der Waals surface area contributed by atoms with Crippen LogP contribution >= 0.6 is 0 Å². The van der Waals surface area contributed by atoms with E-state index in [2.05, 4.69) is 15.2 Å². The third-order valence-electron chi connectivity index (χ3n) is 4.39. The predicted octanol–water partition coefficient (Wildman–Crippen LogP) is -1.69. The minimum atomic E-state index is -0.837. The standard InChI is InChI=1S/C18H20N6O5/c1-4-29-13-7-11(5-6-12(13)25)8-20-21-14(26)9-24-10-19-16-15(24)17(27)23(3)18(28)22(16)2/h5-8,10,15H,4,9H2,1-3H3,(H-,20,21,25,26). The molecule has 0 radical (unpaired) electrons. The minimum Gasteiger partial charge on any atom is -0.870 e. The Hall–Kier alpha value is -3.85. The zero-order valence-corrected chi connectivity index (χ0v) is 16.2. The number of carbonyl (C=O) groups is 3. The van der Waals surface area contributed by atoms with E-state index in [1.165, 1.54) is 48.6 Å². The summed E-state index contributed by atoms with van der Waals surface area (Å²) in [5.74, 6) is -0.695. The molecule has 0 aliphatic carbocycles. The van der Waals surface area contributed by atoms with Crippen LogP contribution in [-0.2, 0) is 9.59 Å². The molecule has 152 valence electrons. The molecular formula is C18H20N6O5. The molecule has 1 aromatic carbocycles. The molecule has 2 heterocycles. The van der Waals surface area contributed by atoms with E-state index in [-0.39, 0.29) is 23.9 Å². The molecule has 4 amide bonds. The number of rotatable bonds is 6. The maximum atomic E-state index is 12.4. The minimum absolute atomic E-state index is 0.180. The van der Waals surface area contributed by atoms with Crippen LogP contribution in [0, 0.1) is 0 Å². The number of ether oxygens (including phenoxy) is 1. The summed E-state index contributed by atoms with van der Waals surface area (Å²) in [6.07, 6.45) is 2.73. The molecule has 0 bridgehead atoms. The fourth-order valence-corrected chi connectivity index (χ4v) is 2.93. The molecule has 11 heteroatoms. The molecule has 1 atom stereocenters. The Morgan fingerprint density at radius 3 is 2.83 bits per heavy atom. The zero-order valence-electron chi connectivity index (χ0n) is 16.2. The van der Waals surface area contributed by atoms with E-state index in [1.54, 1.807) is 13.0 Å². The van der Waals surface area contributed by atoms with Crippen molar-refractivity contribution in [2.45, 2.75) is 13.0 Å². The van der Waals surface area contributed by atoms with E-state index in [1.807, 2.05) is 0 Å². The second kappa shape index (κ2) is 8.03. The van der Waals surface area contributed by atoms with Crippen molar-refractivity contribution in [3.63, 3.8) is 0 Å². The molecule has 1 fully saturated rings. The van der Waals surface area contributed by atoms with Gasteiger partial charge >= 0.3 is 11.9 Å². The Bertz CT molecular complexity index is 952. The summed E-state index contributed by atoms with van der Waals surface area (Å²) in [5, 5.41) is 15.5. The van der Waals surface area contributed by atoms with Gasteiger partial charge in [-0.15, -0.1) is 0 Å². The van der Waals surface area contributed by atoms with Gasteiger partial charge < -0.3 is 9.84 Å². The summed E-state index contributed by atoms with van der Waals surface area (Å²) in [5.41, 5.74) is 2.94. The fraction of sp³-hybridized carbons (Fsp3) is 0.333. The molecule has 1 unspecified atom stereocenters. The number of carbonyl (C=O) groups excluding carboxylic acids is 3. The first kappa shape index (κ1) is 19.9. The first-order valence-corrected chi connectivity index (χ1v) is 8.81. The van der Waals surface area contributed by atoms with Crippen molar-refractivity contribution in [1.82, 2.24) is 24.8 Å². The molecule has 2 aliphatic heterocycles. The summed E-state index contributed by atoms with van der Waals surface area (Å²) < 4.78 is 9.31.